The largest absolute Gasteiger partial charge is 0.353 e. The van der Waals surface area contributed by atoms with E-state index in [1.165, 1.54) is 12.8 Å². The normalized spacial score (nSPS) is 29.3. The second kappa shape index (κ2) is 7.07. The Hall–Kier alpha value is -0.360. The third-order valence-electron chi connectivity index (χ3n) is 4.49. The molecule has 2 aliphatic heterocycles. The summed E-state index contributed by atoms with van der Waals surface area (Å²) in [4.78, 5) is 12.0. The van der Waals surface area contributed by atoms with Crippen molar-refractivity contribution in [2.45, 2.75) is 50.4 Å². The summed E-state index contributed by atoms with van der Waals surface area (Å²) in [5, 5.41) is 6.30. The van der Waals surface area contributed by atoms with Crippen LogP contribution < -0.4 is 10.6 Å². The summed E-state index contributed by atoms with van der Waals surface area (Å²) in [6.45, 7) is 3.10. The van der Waals surface area contributed by atoms with Crippen molar-refractivity contribution in [3.8, 4) is 0 Å². The fourth-order valence-corrected chi connectivity index (χ4v) is 3.34. The van der Waals surface area contributed by atoms with Gasteiger partial charge < -0.3 is 20.1 Å². The van der Waals surface area contributed by atoms with E-state index in [-0.39, 0.29) is 36.1 Å². The molecule has 1 amide bonds. The fourth-order valence-electron chi connectivity index (χ4n) is 3.34. The van der Waals surface area contributed by atoms with Crippen molar-refractivity contribution in [1.82, 2.24) is 10.6 Å². The summed E-state index contributed by atoms with van der Waals surface area (Å²) in [6.07, 6.45) is 6.30. The van der Waals surface area contributed by atoms with Crippen LogP contribution in [0, 0.1) is 5.92 Å². The first-order valence-electron chi connectivity index (χ1n) is 7.58. The van der Waals surface area contributed by atoms with Gasteiger partial charge >= 0.3 is 0 Å². The number of amides is 1. The molecular weight excluding hydrogens is 280 g/mol. The number of hydrogen-bond acceptors (Lipinski definition) is 4. The summed E-state index contributed by atoms with van der Waals surface area (Å²) in [6, 6.07) is 0. The molecule has 3 aliphatic rings. The van der Waals surface area contributed by atoms with Gasteiger partial charge in [0, 0.05) is 25.3 Å². The van der Waals surface area contributed by atoms with Crippen LogP contribution in [0.4, 0.5) is 0 Å². The van der Waals surface area contributed by atoms with Crippen molar-refractivity contribution in [2.75, 3.05) is 26.2 Å². The van der Waals surface area contributed by atoms with Gasteiger partial charge in [-0.1, -0.05) is 0 Å². The first-order chi connectivity index (χ1) is 9.27. The maximum atomic E-state index is 12.0. The number of rotatable bonds is 3. The van der Waals surface area contributed by atoms with Gasteiger partial charge in [0.2, 0.25) is 5.91 Å². The van der Waals surface area contributed by atoms with Gasteiger partial charge in [-0.05, 0) is 38.8 Å². The first kappa shape index (κ1) is 16.0. The van der Waals surface area contributed by atoms with Crippen LogP contribution in [-0.4, -0.2) is 44.0 Å². The molecule has 0 radical (unpaired) electrons. The molecule has 0 aromatic rings. The number of carbonyl (C=O) groups excluding carboxylic acids is 1. The molecule has 116 valence electrons. The number of hydrogen-bond donors (Lipinski definition) is 2. The van der Waals surface area contributed by atoms with Crippen molar-refractivity contribution in [3.05, 3.63) is 0 Å². The van der Waals surface area contributed by atoms with E-state index in [1.807, 2.05) is 0 Å². The lowest BCUT2D eigenvalue weighted by Gasteiger charge is -2.24. The number of halogens is 1. The second-order valence-corrected chi connectivity index (χ2v) is 5.94. The maximum Gasteiger partial charge on any atom is 0.223 e. The van der Waals surface area contributed by atoms with Gasteiger partial charge in [0.15, 0.2) is 5.79 Å². The average molecular weight is 305 g/mol. The highest BCUT2D eigenvalue weighted by molar-refractivity contribution is 5.85. The Morgan fingerprint density at radius 3 is 2.65 bits per heavy atom. The minimum absolute atomic E-state index is 0. The third-order valence-corrected chi connectivity index (χ3v) is 4.49. The van der Waals surface area contributed by atoms with E-state index in [4.69, 9.17) is 9.47 Å². The predicted molar refractivity (Wildman–Crippen MR) is 77.9 cm³/mol. The van der Waals surface area contributed by atoms with Crippen molar-refractivity contribution in [3.63, 3.8) is 0 Å². The topological polar surface area (TPSA) is 59.6 Å². The quantitative estimate of drug-likeness (QED) is 0.823. The van der Waals surface area contributed by atoms with E-state index in [0.717, 1.165) is 38.8 Å². The molecule has 2 heterocycles. The molecule has 1 aliphatic carbocycles. The SMILES string of the molecule is Cl.O=C(NCC1COC2(CCCC2)O1)C1CCNCC1. The number of nitrogens with one attached hydrogen (secondary N) is 2. The Morgan fingerprint density at radius 2 is 1.95 bits per heavy atom. The highest BCUT2D eigenvalue weighted by Crippen LogP contribution is 2.38. The molecule has 1 saturated carbocycles. The minimum Gasteiger partial charge on any atom is -0.353 e. The van der Waals surface area contributed by atoms with Crippen LogP contribution in [-0.2, 0) is 14.3 Å². The lowest BCUT2D eigenvalue weighted by molar-refractivity contribution is -0.161. The van der Waals surface area contributed by atoms with Crippen molar-refractivity contribution in [2.24, 2.45) is 5.92 Å². The highest BCUT2D eigenvalue weighted by atomic mass is 35.5. The van der Waals surface area contributed by atoms with E-state index < -0.39 is 0 Å². The summed E-state index contributed by atoms with van der Waals surface area (Å²) >= 11 is 0. The zero-order valence-corrected chi connectivity index (χ0v) is 12.7. The molecule has 20 heavy (non-hydrogen) atoms. The number of ether oxygens (including phenoxy) is 2. The van der Waals surface area contributed by atoms with Gasteiger partial charge in [0.25, 0.3) is 0 Å². The molecule has 3 fully saturated rings. The second-order valence-electron chi connectivity index (χ2n) is 5.94. The van der Waals surface area contributed by atoms with Crippen LogP contribution >= 0.6 is 12.4 Å². The average Bonchev–Trinajstić information content (AvgIpc) is 3.08. The van der Waals surface area contributed by atoms with Crippen LogP contribution in [0.15, 0.2) is 0 Å². The van der Waals surface area contributed by atoms with E-state index in [0.29, 0.717) is 13.2 Å². The molecule has 2 N–H and O–H groups in total. The molecule has 1 spiro atoms. The lowest BCUT2D eigenvalue weighted by Crippen LogP contribution is -2.41. The molecule has 0 aromatic heterocycles. The molecule has 1 atom stereocenters. The first-order valence-corrected chi connectivity index (χ1v) is 7.58. The molecular formula is C14H25ClN2O3. The van der Waals surface area contributed by atoms with E-state index in [1.54, 1.807) is 0 Å². The van der Waals surface area contributed by atoms with Crippen molar-refractivity contribution in [1.29, 1.82) is 0 Å². The Morgan fingerprint density at radius 1 is 1.25 bits per heavy atom. The van der Waals surface area contributed by atoms with Gasteiger partial charge in [-0.2, -0.15) is 0 Å². The van der Waals surface area contributed by atoms with Crippen LogP contribution in [0.25, 0.3) is 0 Å². The third kappa shape index (κ3) is 3.64. The summed E-state index contributed by atoms with van der Waals surface area (Å²) < 4.78 is 11.8. The van der Waals surface area contributed by atoms with Crippen LogP contribution in [0.1, 0.15) is 38.5 Å². The van der Waals surface area contributed by atoms with E-state index in [9.17, 15) is 4.79 Å². The van der Waals surface area contributed by atoms with E-state index >= 15 is 0 Å². The van der Waals surface area contributed by atoms with Gasteiger partial charge in [-0.3, -0.25) is 4.79 Å². The Kier molecular flexibility index (Phi) is 5.66. The van der Waals surface area contributed by atoms with Crippen LogP contribution in [0.2, 0.25) is 0 Å². The monoisotopic (exact) mass is 304 g/mol. The molecule has 1 unspecified atom stereocenters. The summed E-state index contributed by atoms with van der Waals surface area (Å²) in [5.41, 5.74) is 0. The minimum atomic E-state index is -0.315. The van der Waals surface area contributed by atoms with Gasteiger partial charge in [-0.25, -0.2) is 0 Å². The number of carbonyl (C=O) groups is 1. The molecule has 6 heteroatoms. The Balaban J connectivity index is 0.00000147. The standard InChI is InChI=1S/C14H24N2O3.ClH/c17-13(11-3-7-15-8-4-11)16-9-12-10-18-14(19-12)5-1-2-6-14;/h11-12,15H,1-10H2,(H,16,17);1H. The maximum absolute atomic E-state index is 12.0. The highest BCUT2D eigenvalue weighted by Gasteiger charge is 2.43. The van der Waals surface area contributed by atoms with Gasteiger partial charge in [-0.15, -0.1) is 12.4 Å². The van der Waals surface area contributed by atoms with E-state index in [2.05, 4.69) is 10.6 Å². The fraction of sp³-hybridized carbons (Fsp3) is 0.929. The van der Waals surface area contributed by atoms with Crippen LogP contribution in [0.3, 0.4) is 0 Å². The Bertz CT molecular complexity index is 328. The van der Waals surface area contributed by atoms with Gasteiger partial charge in [0.1, 0.15) is 6.10 Å². The zero-order chi connectivity index (χ0) is 13.1. The smallest absolute Gasteiger partial charge is 0.223 e. The molecule has 0 aromatic carbocycles. The summed E-state index contributed by atoms with van der Waals surface area (Å²) in [5.74, 6) is 0.0333. The lowest BCUT2D eigenvalue weighted by atomic mass is 9.97. The molecule has 0 bridgehead atoms. The van der Waals surface area contributed by atoms with Crippen molar-refractivity contribution < 1.29 is 14.3 Å². The Labute approximate surface area is 126 Å². The summed E-state index contributed by atoms with van der Waals surface area (Å²) in [7, 11) is 0. The van der Waals surface area contributed by atoms with Crippen molar-refractivity contribution >= 4 is 18.3 Å². The predicted octanol–water partition coefficient (Wildman–Crippen LogP) is 1.21. The number of piperidine rings is 1. The molecule has 2 saturated heterocycles. The molecule has 3 rings (SSSR count). The molecule has 5 nitrogen and oxygen atoms in total. The van der Waals surface area contributed by atoms with Gasteiger partial charge in [0.05, 0.1) is 6.61 Å². The van der Waals surface area contributed by atoms with Crippen LogP contribution in [0.5, 0.6) is 0 Å². The zero-order valence-electron chi connectivity index (χ0n) is 11.9.